The Kier molecular flexibility index (Phi) is 6.65. The molecule has 4 amide bonds. The van der Waals surface area contributed by atoms with Crippen LogP contribution < -0.4 is 10.0 Å². The van der Waals surface area contributed by atoms with E-state index in [9.17, 15) is 19.2 Å². The van der Waals surface area contributed by atoms with Gasteiger partial charge in [0.2, 0.25) is 0 Å². The molecule has 8 heterocycles. The van der Waals surface area contributed by atoms with Crippen molar-refractivity contribution < 1.29 is 19.2 Å². The lowest BCUT2D eigenvalue weighted by molar-refractivity contribution is 0.0833. The Balaban J connectivity index is 1.14. The molecule has 2 aromatic carbocycles. The van der Waals surface area contributed by atoms with Crippen LogP contribution in [0.15, 0.2) is 122 Å². The molecule has 0 saturated carbocycles. The van der Waals surface area contributed by atoms with Crippen molar-refractivity contribution >= 4 is 34.4 Å². The molecule has 0 unspecified atom stereocenters. The summed E-state index contributed by atoms with van der Waals surface area (Å²) < 4.78 is 2.68. The molecule has 0 saturated heterocycles. The highest BCUT2D eigenvalue weighted by molar-refractivity contribution is 6.39. The number of nitrogens with zero attached hydrogens (tertiary/aromatic N) is 12. The molecule has 8 aromatic rings. The Morgan fingerprint density at radius 3 is 0.833 bits per heavy atom. The number of imide groups is 2. The minimum absolute atomic E-state index is 0.0959. The van der Waals surface area contributed by atoms with Gasteiger partial charge in [-0.1, -0.05) is 0 Å². The van der Waals surface area contributed by atoms with E-state index in [1.807, 2.05) is 0 Å². The Morgan fingerprint density at radius 2 is 0.611 bits per heavy atom. The van der Waals surface area contributed by atoms with Crippen LogP contribution in [-0.4, -0.2) is 73.3 Å². The zero-order valence-corrected chi connectivity index (χ0v) is 27.5. The molecule has 10 rings (SSSR count). The molecular weight excluding hydrogens is 688 g/mol. The Morgan fingerprint density at radius 1 is 0.352 bits per heavy atom. The molecular formula is C38H20N12O4. The van der Waals surface area contributed by atoms with Gasteiger partial charge in [0.15, 0.2) is 23.3 Å². The van der Waals surface area contributed by atoms with E-state index in [4.69, 9.17) is 0 Å². The zero-order valence-electron chi connectivity index (χ0n) is 27.5. The molecule has 256 valence electrons. The third kappa shape index (κ3) is 4.37. The third-order valence-corrected chi connectivity index (χ3v) is 9.21. The van der Waals surface area contributed by atoms with Gasteiger partial charge >= 0.3 is 0 Å². The first-order valence-electron chi connectivity index (χ1n) is 16.4. The number of amides is 4. The van der Waals surface area contributed by atoms with E-state index in [1.165, 1.54) is 33.6 Å². The molecule has 0 atom stereocenters. The highest BCUT2D eigenvalue weighted by atomic mass is 16.2. The first-order valence-corrected chi connectivity index (χ1v) is 16.4. The standard InChI is InChI=1S/C38H20N12O4/c51-35-25-9-11-27-30-28(38(54)50(37(27)53)48-33(23-7-3-15-41-19-23)45-46-34(48)24-8-4-16-42-20-24)12-10-26(29(25)30)36(52)49(35)47-31(21-5-1-13-39-17-21)43-44-32(47)22-6-2-14-40-18-22/h1-20H. The summed E-state index contributed by atoms with van der Waals surface area (Å²) in [7, 11) is 0. The monoisotopic (exact) mass is 708 g/mol. The van der Waals surface area contributed by atoms with Crippen LogP contribution in [0.5, 0.6) is 0 Å². The SMILES string of the molecule is O=C1c2ccc3c4c(ccc(c24)C(=O)N1n1c(-c2cccnc2)nnc1-c1cccnc1)C(=O)N(n1c(-c2cccnc2)nnc1-c1cccnc1)C3=O. The molecule has 0 radical (unpaired) electrons. The fourth-order valence-electron chi connectivity index (χ4n) is 6.85. The van der Waals surface area contributed by atoms with Crippen molar-refractivity contribution in [1.82, 2.24) is 49.7 Å². The predicted molar refractivity (Wildman–Crippen MR) is 191 cm³/mol. The average Bonchev–Trinajstić information content (AvgIpc) is 3.86. The van der Waals surface area contributed by atoms with Crippen molar-refractivity contribution in [2.45, 2.75) is 0 Å². The lowest BCUT2D eigenvalue weighted by atomic mass is 9.86. The molecule has 54 heavy (non-hydrogen) atoms. The largest absolute Gasteiger partial charge is 0.280 e. The molecule has 2 aliphatic rings. The molecule has 6 aromatic heterocycles. The second kappa shape index (κ2) is 11.7. The number of benzene rings is 2. The van der Waals surface area contributed by atoms with Crippen LogP contribution in [-0.2, 0) is 0 Å². The van der Waals surface area contributed by atoms with Crippen LogP contribution in [0.1, 0.15) is 41.4 Å². The molecule has 16 nitrogen and oxygen atoms in total. The smallest absolute Gasteiger partial charge is 0.267 e. The lowest BCUT2D eigenvalue weighted by Gasteiger charge is -2.33. The maximum absolute atomic E-state index is 14.6. The van der Waals surface area contributed by atoms with Gasteiger partial charge in [-0.15, -0.1) is 20.4 Å². The minimum atomic E-state index is -0.717. The van der Waals surface area contributed by atoms with Gasteiger partial charge in [-0.2, -0.15) is 10.0 Å². The van der Waals surface area contributed by atoms with E-state index < -0.39 is 23.6 Å². The van der Waals surface area contributed by atoms with Crippen molar-refractivity contribution in [3.63, 3.8) is 0 Å². The van der Waals surface area contributed by atoms with E-state index in [0.717, 1.165) is 10.0 Å². The van der Waals surface area contributed by atoms with Crippen LogP contribution in [0, 0.1) is 0 Å². The number of aromatic nitrogens is 10. The second-order valence-corrected chi connectivity index (χ2v) is 12.2. The van der Waals surface area contributed by atoms with E-state index >= 15 is 0 Å². The summed E-state index contributed by atoms with van der Waals surface area (Å²) in [6, 6.07) is 19.6. The zero-order chi connectivity index (χ0) is 36.5. The summed E-state index contributed by atoms with van der Waals surface area (Å²) in [6.45, 7) is 0. The van der Waals surface area contributed by atoms with E-state index in [0.29, 0.717) is 22.3 Å². The number of hydrogen-bond donors (Lipinski definition) is 0. The fourth-order valence-corrected chi connectivity index (χ4v) is 6.85. The molecule has 0 N–H and O–H groups in total. The average molecular weight is 709 g/mol. The molecule has 16 heteroatoms. The molecule has 0 bridgehead atoms. The maximum atomic E-state index is 14.6. The van der Waals surface area contributed by atoms with Gasteiger partial charge in [0, 0.05) is 82.6 Å². The molecule has 0 fully saturated rings. The van der Waals surface area contributed by atoms with Gasteiger partial charge in [0.25, 0.3) is 23.6 Å². The van der Waals surface area contributed by atoms with Crippen LogP contribution in [0.2, 0.25) is 0 Å². The fraction of sp³-hybridized carbons (Fsp3) is 0. The van der Waals surface area contributed by atoms with Crippen LogP contribution in [0.3, 0.4) is 0 Å². The van der Waals surface area contributed by atoms with Crippen LogP contribution >= 0.6 is 0 Å². The number of carbonyl (C=O) groups is 4. The Hall–Kier alpha value is -8.14. The Labute approximate surface area is 303 Å². The number of pyridine rings is 4. The molecule has 0 aliphatic carbocycles. The third-order valence-electron chi connectivity index (χ3n) is 9.21. The van der Waals surface area contributed by atoms with Crippen LogP contribution in [0.4, 0.5) is 0 Å². The summed E-state index contributed by atoms with van der Waals surface area (Å²) in [5.74, 6) is -2.14. The normalized spacial score (nSPS) is 13.6. The number of hydrogen-bond acceptors (Lipinski definition) is 12. The summed E-state index contributed by atoms with van der Waals surface area (Å²) in [5.41, 5.74) is 2.38. The first kappa shape index (κ1) is 30.7. The van der Waals surface area contributed by atoms with Crippen LogP contribution in [0.25, 0.3) is 56.3 Å². The topological polar surface area (TPSA) is 188 Å². The van der Waals surface area contributed by atoms with Crippen molar-refractivity contribution in [1.29, 1.82) is 0 Å². The van der Waals surface area contributed by atoms with E-state index in [-0.39, 0.29) is 56.3 Å². The summed E-state index contributed by atoms with van der Waals surface area (Å²) in [4.78, 5) is 75.2. The van der Waals surface area contributed by atoms with Crippen molar-refractivity contribution in [2.24, 2.45) is 0 Å². The van der Waals surface area contributed by atoms with Gasteiger partial charge in [-0.05, 0) is 72.8 Å². The molecule has 0 spiro atoms. The number of rotatable bonds is 6. The Bertz CT molecular complexity index is 2480. The molecule has 2 aliphatic heterocycles. The van der Waals surface area contributed by atoms with Gasteiger partial charge in [-0.3, -0.25) is 39.1 Å². The van der Waals surface area contributed by atoms with E-state index in [2.05, 4.69) is 40.3 Å². The lowest BCUT2D eigenvalue weighted by Crippen LogP contribution is -2.50. The summed E-state index contributed by atoms with van der Waals surface area (Å²) >= 11 is 0. The first-order chi connectivity index (χ1) is 26.5. The second-order valence-electron chi connectivity index (χ2n) is 12.2. The highest BCUT2D eigenvalue weighted by Gasteiger charge is 2.43. The maximum Gasteiger partial charge on any atom is 0.280 e. The quantitative estimate of drug-likeness (QED) is 0.225. The van der Waals surface area contributed by atoms with Gasteiger partial charge < -0.3 is 0 Å². The van der Waals surface area contributed by atoms with Gasteiger partial charge in [0.05, 0.1) is 22.3 Å². The van der Waals surface area contributed by atoms with E-state index in [1.54, 1.807) is 98.1 Å². The minimum Gasteiger partial charge on any atom is -0.267 e. The summed E-state index contributed by atoms with van der Waals surface area (Å²) in [6.07, 6.45) is 12.5. The van der Waals surface area contributed by atoms with Crippen molar-refractivity contribution in [3.8, 4) is 45.6 Å². The summed E-state index contributed by atoms with van der Waals surface area (Å²) in [5, 5.41) is 19.7. The highest BCUT2D eigenvalue weighted by Crippen LogP contribution is 2.39. The van der Waals surface area contributed by atoms with Gasteiger partial charge in [0.1, 0.15) is 0 Å². The van der Waals surface area contributed by atoms with Gasteiger partial charge in [-0.25, -0.2) is 9.35 Å². The predicted octanol–water partition coefficient (Wildman–Crippen LogP) is 4.14. The number of carbonyl (C=O) groups excluding carboxylic acids is 4. The van der Waals surface area contributed by atoms with Crippen molar-refractivity contribution in [2.75, 3.05) is 10.0 Å². The van der Waals surface area contributed by atoms with Crippen molar-refractivity contribution in [3.05, 3.63) is 145 Å².